The van der Waals surface area contributed by atoms with Gasteiger partial charge in [-0.15, -0.1) is 0 Å². The molecule has 2 aromatic carbocycles. The molecular weight excluding hydrogens is 591 g/mol. The average molecular weight is 621 g/mol. The number of aliphatic imine (C=N–C) groups is 1. The topological polar surface area (TPSA) is 77.4 Å². The number of hydrogen-bond donors (Lipinski definition) is 0. The number of halogens is 1. The molecule has 2 fully saturated rings. The number of rotatable bonds is 8. The lowest BCUT2D eigenvalue weighted by molar-refractivity contribution is -0.145. The first-order valence-electron chi connectivity index (χ1n) is 12.0. The molecule has 1 saturated heterocycles. The van der Waals surface area contributed by atoms with Crippen LogP contribution in [-0.4, -0.2) is 48.3 Å². The molecule has 2 aliphatic rings. The van der Waals surface area contributed by atoms with Crippen molar-refractivity contribution in [1.29, 1.82) is 0 Å². The van der Waals surface area contributed by atoms with Crippen LogP contribution >= 0.6 is 34.4 Å². The zero-order valence-corrected chi connectivity index (χ0v) is 23.3. The van der Waals surface area contributed by atoms with Gasteiger partial charge in [-0.1, -0.05) is 37.5 Å². The molecule has 2 aromatic rings. The molecule has 0 radical (unpaired) electrons. The predicted octanol–water partition coefficient (Wildman–Crippen LogP) is 6.18. The van der Waals surface area contributed by atoms with Gasteiger partial charge in [0.05, 0.1) is 27.9 Å². The Bertz CT molecular complexity index is 1160. The largest absolute Gasteiger partial charge is 0.493 e. The van der Waals surface area contributed by atoms with Gasteiger partial charge in [0.15, 0.2) is 23.3 Å². The SMILES string of the molecule is CCOC(=O)COc1c(I)cc(/C=C2\SC(=Nc3ccccc3)N(C3CCCCC3)C2=O)cc1OC. The fourth-order valence-electron chi connectivity index (χ4n) is 4.29. The molecule has 0 bridgehead atoms. The van der Waals surface area contributed by atoms with E-state index >= 15 is 0 Å². The molecule has 36 heavy (non-hydrogen) atoms. The van der Waals surface area contributed by atoms with Gasteiger partial charge < -0.3 is 14.2 Å². The van der Waals surface area contributed by atoms with Crippen molar-refractivity contribution >= 4 is 63.2 Å². The summed E-state index contributed by atoms with van der Waals surface area (Å²) in [5, 5.41) is 0.723. The van der Waals surface area contributed by atoms with Crippen LogP contribution in [0.2, 0.25) is 0 Å². The molecule has 1 amide bonds. The van der Waals surface area contributed by atoms with Crippen LogP contribution in [0.3, 0.4) is 0 Å². The molecule has 0 N–H and O–H groups in total. The van der Waals surface area contributed by atoms with Crippen LogP contribution in [0.5, 0.6) is 11.5 Å². The molecule has 1 saturated carbocycles. The summed E-state index contributed by atoms with van der Waals surface area (Å²) in [5.41, 5.74) is 1.63. The van der Waals surface area contributed by atoms with Crippen LogP contribution in [0.15, 0.2) is 52.4 Å². The molecule has 190 valence electrons. The van der Waals surface area contributed by atoms with Crippen LogP contribution < -0.4 is 9.47 Å². The minimum Gasteiger partial charge on any atom is -0.493 e. The van der Waals surface area contributed by atoms with Crippen LogP contribution in [0.1, 0.15) is 44.6 Å². The second-order valence-corrected chi connectivity index (χ2v) is 10.6. The minimum absolute atomic E-state index is 0.0156. The van der Waals surface area contributed by atoms with Crippen molar-refractivity contribution < 1.29 is 23.8 Å². The quantitative estimate of drug-likeness (QED) is 0.199. The Morgan fingerprint density at radius 3 is 2.64 bits per heavy atom. The summed E-state index contributed by atoms with van der Waals surface area (Å²) in [6.07, 6.45) is 7.31. The number of para-hydroxylation sites is 1. The molecule has 1 heterocycles. The number of benzene rings is 2. The molecule has 0 unspecified atom stereocenters. The summed E-state index contributed by atoms with van der Waals surface area (Å²) in [7, 11) is 1.55. The molecule has 4 rings (SSSR count). The van der Waals surface area contributed by atoms with Crippen molar-refractivity contribution in [2.75, 3.05) is 20.3 Å². The van der Waals surface area contributed by atoms with Crippen LogP contribution in [0, 0.1) is 3.57 Å². The Kier molecular flexibility index (Phi) is 9.30. The Labute approximate surface area is 229 Å². The van der Waals surface area contributed by atoms with Gasteiger partial charge in [0.2, 0.25) is 0 Å². The fourth-order valence-corrected chi connectivity index (χ4v) is 6.13. The first kappa shape index (κ1) is 26.5. The number of ether oxygens (including phenoxy) is 3. The van der Waals surface area contributed by atoms with E-state index < -0.39 is 5.97 Å². The lowest BCUT2D eigenvalue weighted by Gasteiger charge is -2.30. The molecule has 1 aliphatic carbocycles. The van der Waals surface area contributed by atoms with Gasteiger partial charge in [0, 0.05) is 6.04 Å². The van der Waals surface area contributed by atoms with Crippen molar-refractivity contribution in [3.8, 4) is 11.5 Å². The number of thioether (sulfide) groups is 1. The number of esters is 1. The van der Waals surface area contributed by atoms with Crippen LogP contribution in [-0.2, 0) is 14.3 Å². The summed E-state index contributed by atoms with van der Waals surface area (Å²) in [6, 6.07) is 13.6. The normalized spacial score (nSPS) is 18.6. The van der Waals surface area contributed by atoms with Crippen molar-refractivity contribution in [3.63, 3.8) is 0 Å². The highest BCUT2D eigenvalue weighted by Crippen LogP contribution is 2.40. The number of carbonyl (C=O) groups excluding carboxylic acids is 2. The van der Waals surface area contributed by atoms with Crippen molar-refractivity contribution in [3.05, 3.63) is 56.5 Å². The number of amides is 1. The zero-order chi connectivity index (χ0) is 25.5. The maximum atomic E-state index is 13.6. The van der Waals surface area contributed by atoms with Crippen molar-refractivity contribution in [2.45, 2.75) is 45.1 Å². The third kappa shape index (κ3) is 6.42. The standard InChI is InChI=1S/C27H29IN2O5S/c1-3-34-24(31)17-35-25-21(28)14-18(15-22(25)33-2)16-23-26(32)30(20-12-8-5-9-13-20)27(36-23)29-19-10-6-4-7-11-19/h4,6-7,10-11,14-16,20H,3,5,8-9,12-13,17H2,1-2H3/b23-16-,29-27?. The maximum Gasteiger partial charge on any atom is 0.344 e. The zero-order valence-electron chi connectivity index (χ0n) is 20.4. The first-order valence-corrected chi connectivity index (χ1v) is 13.9. The summed E-state index contributed by atoms with van der Waals surface area (Å²) in [6.45, 7) is 1.84. The van der Waals surface area contributed by atoms with Gasteiger partial charge in [-0.2, -0.15) is 0 Å². The van der Waals surface area contributed by atoms with E-state index in [1.807, 2.05) is 47.4 Å². The van der Waals surface area contributed by atoms with Gasteiger partial charge in [-0.25, -0.2) is 9.79 Å². The van der Waals surface area contributed by atoms with Crippen LogP contribution in [0.25, 0.3) is 6.08 Å². The van der Waals surface area contributed by atoms with Crippen molar-refractivity contribution in [2.24, 2.45) is 4.99 Å². The van der Waals surface area contributed by atoms with Gasteiger partial charge in [-0.3, -0.25) is 9.69 Å². The summed E-state index contributed by atoms with van der Waals surface area (Å²) >= 11 is 3.55. The average Bonchev–Trinajstić information content (AvgIpc) is 3.18. The van der Waals surface area contributed by atoms with Gasteiger partial charge in [0.1, 0.15) is 0 Å². The van der Waals surface area contributed by atoms with E-state index in [0.29, 0.717) is 23.0 Å². The van der Waals surface area contributed by atoms with E-state index in [1.165, 1.54) is 18.2 Å². The molecule has 0 atom stereocenters. The van der Waals surface area contributed by atoms with E-state index in [2.05, 4.69) is 22.6 Å². The Balaban J connectivity index is 1.63. The molecule has 7 nitrogen and oxygen atoms in total. The van der Waals surface area contributed by atoms with Gasteiger partial charge in [-0.05, 0) is 90.0 Å². The highest BCUT2D eigenvalue weighted by Gasteiger charge is 2.38. The Hall–Kier alpha value is -2.53. The monoisotopic (exact) mass is 620 g/mol. The van der Waals surface area contributed by atoms with E-state index in [0.717, 1.165) is 45.7 Å². The lowest BCUT2D eigenvalue weighted by atomic mass is 9.94. The van der Waals surface area contributed by atoms with E-state index in [-0.39, 0.29) is 18.6 Å². The highest BCUT2D eigenvalue weighted by molar-refractivity contribution is 14.1. The molecular formula is C27H29IN2O5S. The summed E-state index contributed by atoms with van der Waals surface area (Å²) in [4.78, 5) is 32.7. The van der Waals surface area contributed by atoms with E-state index in [4.69, 9.17) is 19.2 Å². The maximum absolute atomic E-state index is 13.6. The van der Waals surface area contributed by atoms with Crippen LogP contribution in [0.4, 0.5) is 5.69 Å². The third-order valence-electron chi connectivity index (χ3n) is 5.95. The third-order valence-corrected chi connectivity index (χ3v) is 7.73. The van der Waals surface area contributed by atoms with Gasteiger partial charge in [0.25, 0.3) is 5.91 Å². The number of carbonyl (C=O) groups is 2. The highest BCUT2D eigenvalue weighted by atomic mass is 127. The second kappa shape index (κ2) is 12.6. The number of methoxy groups -OCH3 is 1. The number of hydrogen-bond acceptors (Lipinski definition) is 7. The minimum atomic E-state index is -0.442. The molecule has 0 aromatic heterocycles. The fraction of sp³-hybridized carbons (Fsp3) is 0.370. The number of amidine groups is 1. The Morgan fingerprint density at radius 2 is 1.94 bits per heavy atom. The van der Waals surface area contributed by atoms with Gasteiger partial charge >= 0.3 is 5.97 Å². The smallest absolute Gasteiger partial charge is 0.344 e. The lowest BCUT2D eigenvalue weighted by Crippen LogP contribution is -2.40. The van der Waals surface area contributed by atoms with E-state index in [9.17, 15) is 9.59 Å². The van der Waals surface area contributed by atoms with Crippen molar-refractivity contribution in [1.82, 2.24) is 4.90 Å². The number of nitrogens with zero attached hydrogens (tertiary/aromatic N) is 2. The molecule has 1 aliphatic heterocycles. The first-order chi connectivity index (χ1) is 17.5. The summed E-state index contributed by atoms with van der Waals surface area (Å²) in [5.74, 6) is 0.491. The second-order valence-electron chi connectivity index (χ2n) is 8.44. The van der Waals surface area contributed by atoms with E-state index in [1.54, 1.807) is 20.1 Å². The molecule has 0 spiro atoms. The Morgan fingerprint density at radius 1 is 1.19 bits per heavy atom. The summed E-state index contributed by atoms with van der Waals surface area (Å²) < 4.78 is 16.9. The molecule has 9 heteroatoms. The predicted molar refractivity (Wildman–Crippen MR) is 151 cm³/mol.